The minimum atomic E-state index is 0.00792. The van der Waals surface area contributed by atoms with E-state index in [0.717, 1.165) is 6.42 Å². The van der Waals surface area contributed by atoms with Crippen LogP contribution in [-0.4, -0.2) is 18.8 Å². The van der Waals surface area contributed by atoms with Gasteiger partial charge >= 0.3 is 0 Å². The first kappa shape index (κ1) is 9.50. The standard InChI is InChI=1S/C9H16N2O/c1-3-7(4-10)9-6(2)8(11)5-12-9/h6-9H,3,5,11H2,1-2H3. The molecule has 0 aromatic carbocycles. The molecule has 0 aromatic rings. The van der Waals surface area contributed by atoms with Crippen molar-refractivity contribution in [2.75, 3.05) is 6.61 Å². The van der Waals surface area contributed by atoms with Crippen LogP contribution in [0.25, 0.3) is 0 Å². The monoisotopic (exact) mass is 168 g/mol. The Kier molecular flexibility index (Phi) is 3.07. The van der Waals surface area contributed by atoms with Crippen LogP contribution in [0.1, 0.15) is 20.3 Å². The molecule has 4 unspecified atom stereocenters. The Morgan fingerprint density at radius 1 is 1.75 bits per heavy atom. The number of nitrogens with two attached hydrogens (primary N) is 1. The number of hydrogen-bond acceptors (Lipinski definition) is 3. The van der Waals surface area contributed by atoms with Crippen LogP contribution in [0.2, 0.25) is 0 Å². The van der Waals surface area contributed by atoms with Gasteiger partial charge in [-0.05, 0) is 6.42 Å². The first-order valence-electron chi connectivity index (χ1n) is 4.47. The number of rotatable bonds is 2. The number of hydrogen-bond donors (Lipinski definition) is 1. The Morgan fingerprint density at radius 3 is 2.75 bits per heavy atom. The van der Waals surface area contributed by atoms with E-state index in [4.69, 9.17) is 15.7 Å². The Bertz CT molecular complexity index is 187. The van der Waals surface area contributed by atoms with E-state index in [1.807, 2.05) is 6.92 Å². The van der Waals surface area contributed by atoms with E-state index in [9.17, 15) is 0 Å². The summed E-state index contributed by atoms with van der Waals surface area (Å²) in [6, 6.07) is 2.37. The summed E-state index contributed by atoms with van der Waals surface area (Å²) in [6.45, 7) is 4.67. The molecule has 68 valence electrons. The van der Waals surface area contributed by atoms with Crippen molar-refractivity contribution in [2.24, 2.45) is 17.6 Å². The van der Waals surface area contributed by atoms with E-state index in [2.05, 4.69) is 13.0 Å². The predicted octanol–water partition coefficient (Wildman–Crippen LogP) is 0.898. The Balaban J connectivity index is 2.59. The Labute approximate surface area is 73.5 Å². The molecule has 1 aliphatic rings. The molecule has 2 N–H and O–H groups in total. The van der Waals surface area contributed by atoms with Crippen LogP contribution in [0.15, 0.2) is 0 Å². The van der Waals surface area contributed by atoms with Gasteiger partial charge in [-0.2, -0.15) is 5.26 Å². The lowest BCUT2D eigenvalue weighted by Crippen LogP contribution is -2.32. The van der Waals surface area contributed by atoms with Crippen molar-refractivity contribution < 1.29 is 4.74 Å². The van der Waals surface area contributed by atoms with Gasteiger partial charge in [0.25, 0.3) is 0 Å². The second-order valence-electron chi connectivity index (χ2n) is 3.46. The lowest BCUT2D eigenvalue weighted by molar-refractivity contribution is 0.0621. The lowest BCUT2D eigenvalue weighted by Gasteiger charge is -2.19. The van der Waals surface area contributed by atoms with Crippen molar-refractivity contribution in [1.82, 2.24) is 0 Å². The fourth-order valence-corrected chi connectivity index (χ4v) is 1.65. The van der Waals surface area contributed by atoms with Crippen LogP contribution in [0, 0.1) is 23.2 Å². The van der Waals surface area contributed by atoms with Crippen molar-refractivity contribution in [2.45, 2.75) is 32.4 Å². The van der Waals surface area contributed by atoms with Gasteiger partial charge in [0, 0.05) is 12.0 Å². The average molecular weight is 168 g/mol. The topological polar surface area (TPSA) is 59.0 Å². The summed E-state index contributed by atoms with van der Waals surface area (Å²) in [7, 11) is 0. The van der Waals surface area contributed by atoms with Gasteiger partial charge in [-0.1, -0.05) is 13.8 Å². The highest BCUT2D eigenvalue weighted by molar-refractivity contribution is 4.96. The summed E-state index contributed by atoms with van der Waals surface area (Å²) >= 11 is 0. The van der Waals surface area contributed by atoms with Crippen molar-refractivity contribution in [3.05, 3.63) is 0 Å². The maximum absolute atomic E-state index is 8.82. The minimum absolute atomic E-state index is 0.00792. The van der Waals surface area contributed by atoms with E-state index >= 15 is 0 Å². The average Bonchev–Trinajstić information content (AvgIpc) is 2.38. The highest BCUT2D eigenvalue weighted by atomic mass is 16.5. The molecule has 4 atom stereocenters. The number of nitriles is 1. The molecule has 1 heterocycles. The van der Waals surface area contributed by atoms with E-state index in [0.29, 0.717) is 12.5 Å². The fraction of sp³-hybridized carbons (Fsp3) is 0.889. The summed E-state index contributed by atoms with van der Waals surface area (Å²) in [6.07, 6.45) is 0.896. The van der Waals surface area contributed by atoms with Crippen LogP contribution in [0.3, 0.4) is 0 Å². The van der Waals surface area contributed by atoms with Crippen LogP contribution in [0.5, 0.6) is 0 Å². The lowest BCUT2D eigenvalue weighted by atomic mass is 9.89. The van der Waals surface area contributed by atoms with E-state index < -0.39 is 0 Å². The Morgan fingerprint density at radius 2 is 2.42 bits per heavy atom. The minimum Gasteiger partial charge on any atom is -0.375 e. The van der Waals surface area contributed by atoms with Crippen molar-refractivity contribution in [3.8, 4) is 6.07 Å². The molecular formula is C9H16N2O. The van der Waals surface area contributed by atoms with Gasteiger partial charge in [-0.15, -0.1) is 0 Å². The predicted molar refractivity (Wildman–Crippen MR) is 46.3 cm³/mol. The maximum atomic E-state index is 8.82. The zero-order valence-corrected chi connectivity index (χ0v) is 7.66. The highest BCUT2D eigenvalue weighted by Crippen LogP contribution is 2.27. The third kappa shape index (κ3) is 1.60. The van der Waals surface area contributed by atoms with E-state index in [-0.39, 0.29) is 18.1 Å². The van der Waals surface area contributed by atoms with Crippen molar-refractivity contribution >= 4 is 0 Å². The molecule has 1 saturated heterocycles. The normalized spacial score (nSPS) is 37.7. The SMILES string of the molecule is CCC(C#N)C1OCC(N)C1C. The third-order valence-electron chi connectivity index (χ3n) is 2.68. The van der Waals surface area contributed by atoms with E-state index in [1.54, 1.807) is 0 Å². The molecule has 0 aromatic heterocycles. The molecule has 1 rings (SSSR count). The zero-order chi connectivity index (χ0) is 9.14. The van der Waals surface area contributed by atoms with Crippen LogP contribution < -0.4 is 5.73 Å². The molecule has 1 fully saturated rings. The van der Waals surface area contributed by atoms with Gasteiger partial charge in [0.1, 0.15) is 0 Å². The van der Waals surface area contributed by atoms with Crippen LogP contribution in [-0.2, 0) is 4.74 Å². The Hall–Kier alpha value is -0.590. The summed E-state index contributed by atoms with van der Waals surface area (Å²) in [4.78, 5) is 0. The summed E-state index contributed by atoms with van der Waals surface area (Å²) in [5.41, 5.74) is 5.78. The zero-order valence-electron chi connectivity index (χ0n) is 7.66. The second kappa shape index (κ2) is 3.88. The first-order valence-corrected chi connectivity index (χ1v) is 4.47. The van der Waals surface area contributed by atoms with E-state index in [1.165, 1.54) is 0 Å². The quantitative estimate of drug-likeness (QED) is 0.666. The molecule has 0 bridgehead atoms. The van der Waals surface area contributed by atoms with Crippen LogP contribution in [0.4, 0.5) is 0 Å². The van der Waals surface area contributed by atoms with Gasteiger partial charge in [0.15, 0.2) is 0 Å². The largest absolute Gasteiger partial charge is 0.375 e. The summed E-state index contributed by atoms with van der Waals surface area (Å²) in [5, 5.41) is 8.82. The van der Waals surface area contributed by atoms with Gasteiger partial charge in [-0.25, -0.2) is 0 Å². The molecule has 0 radical (unpaired) electrons. The number of ether oxygens (including phenoxy) is 1. The first-order chi connectivity index (χ1) is 5.70. The van der Waals surface area contributed by atoms with Gasteiger partial charge < -0.3 is 10.5 Å². The molecule has 0 spiro atoms. The smallest absolute Gasteiger partial charge is 0.0774 e. The van der Waals surface area contributed by atoms with Gasteiger partial charge in [0.2, 0.25) is 0 Å². The maximum Gasteiger partial charge on any atom is 0.0774 e. The second-order valence-corrected chi connectivity index (χ2v) is 3.46. The van der Waals surface area contributed by atoms with Crippen molar-refractivity contribution in [3.63, 3.8) is 0 Å². The molecule has 3 nitrogen and oxygen atoms in total. The molecule has 1 aliphatic heterocycles. The molecule has 0 amide bonds. The molecule has 0 saturated carbocycles. The molecule has 3 heteroatoms. The van der Waals surface area contributed by atoms with Gasteiger partial charge in [-0.3, -0.25) is 0 Å². The highest BCUT2D eigenvalue weighted by Gasteiger charge is 2.36. The molecule has 12 heavy (non-hydrogen) atoms. The van der Waals surface area contributed by atoms with Crippen molar-refractivity contribution in [1.29, 1.82) is 5.26 Å². The third-order valence-corrected chi connectivity index (χ3v) is 2.68. The number of nitrogens with zero attached hydrogens (tertiary/aromatic N) is 1. The van der Waals surface area contributed by atoms with Crippen LogP contribution >= 0.6 is 0 Å². The molecular weight excluding hydrogens is 152 g/mol. The summed E-state index contributed by atoms with van der Waals surface area (Å²) in [5.74, 6) is 0.322. The molecule has 0 aliphatic carbocycles. The fourth-order valence-electron chi connectivity index (χ4n) is 1.65. The summed E-state index contributed by atoms with van der Waals surface area (Å²) < 4.78 is 5.47. The van der Waals surface area contributed by atoms with Gasteiger partial charge in [0.05, 0.1) is 24.7 Å².